The molecule has 0 unspecified atom stereocenters. The maximum atomic E-state index is 12.9. The molecule has 2 rings (SSSR count). The second-order valence-electron chi connectivity index (χ2n) is 5.74. The molecule has 148 valence electrons. The Morgan fingerprint density at radius 2 is 1.64 bits per heavy atom. The van der Waals surface area contributed by atoms with Crippen molar-refractivity contribution in [1.82, 2.24) is 10.2 Å². The Bertz CT molecular complexity index is 855. The third-order valence-electron chi connectivity index (χ3n) is 3.80. The number of carbonyl (C=O) groups excluding carboxylic acids is 3. The van der Waals surface area contributed by atoms with Gasteiger partial charge in [-0.1, -0.05) is 29.3 Å². The standard InChI is InChI=1S/C19H18Cl2FN3O3/c1-2-25(11-16(26)24-18-14(20)4-3-5-15(18)21)17(27)10-23-19(28)12-6-8-13(22)9-7-12/h3-9H,2,10-11H2,1H3,(H,23,28)(H,24,26). The predicted octanol–water partition coefficient (Wildman–Crippen LogP) is 3.35. The Hall–Kier alpha value is -2.64. The first-order valence-electron chi connectivity index (χ1n) is 8.37. The van der Waals surface area contributed by atoms with Crippen LogP contribution in [0.5, 0.6) is 0 Å². The normalized spacial score (nSPS) is 10.3. The lowest BCUT2D eigenvalue weighted by molar-refractivity contribution is -0.133. The summed E-state index contributed by atoms with van der Waals surface area (Å²) in [7, 11) is 0. The molecule has 0 spiro atoms. The van der Waals surface area contributed by atoms with Crippen LogP contribution in [-0.4, -0.2) is 42.3 Å². The van der Waals surface area contributed by atoms with Gasteiger partial charge in [0.25, 0.3) is 5.91 Å². The quantitative estimate of drug-likeness (QED) is 0.713. The molecular formula is C19H18Cl2FN3O3. The van der Waals surface area contributed by atoms with Crippen molar-refractivity contribution in [3.63, 3.8) is 0 Å². The molecule has 0 fully saturated rings. The van der Waals surface area contributed by atoms with E-state index in [2.05, 4.69) is 10.6 Å². The molecule has 0 saturated heterocycles. The Morgan fingerprint density at radius 3 is 2.21 bits per heavy atom. The average molecular weight is 426 g/mol. The predicted molar refractivity (Wildman–Crippen MR) is 106 cm³/mol. The molecule has 0 aliphatic rings. The van der Waals surface area contributed by atoms with Gasteiger partial charge in [0.15, 0.2) is 0 Å². The van der Waals surface area contributed by atoms with Crippen LogP contribution < -0.4 is 10.6 Å². The number of anilines is 1. The fourth-order valence-corrected chi connectivity index (χ4v) is 2.81. The molecule has 0 aliphatic heterocycles. The molecule has 0 aliphatic carbocycles. The minimum atomic E-state index is -0.517. The van der Waals surface area contributed by atoms with Crippen LogP contribution in [0, 0.1) is 5.82 Å². The number of nitrogens with one attached hydrogen (secondary N) is 2. The van der Waals surface area contributed by atoms with Gasteiger partial charge >= 0.3 is 0 Å². The molecule has 9 heteroatoms. The van der Waals surface area contributed by atoms with E-state index >= 15 is 0 Å². The molecule has 0 heterocycles. The molecule has 3 amide bonds. The number of para-hydroxylation sites is 1. The van der Waals surface area contributed by atoms with E-state index in [0.29, 0.717) is 0 Å². The summed E-state index contributed by atoms with van der Waals surface area (Å²) in [5.41, 5.74) is 0.493. The molecule has 2 aromatic rings. The molecule has 0 radical (unpaired) electrons. The number of likely N-dealkylation sites (N-methyl/N-ethyl adjacent to an activating group) is 1. The van der Waals surface area contributed by atoms with Gasteiger partial charge in [0, 0.05) is 12.1 Å². The number of amides is 3. The highest BCUT2D eigenvalue weighted by Gasteiger charge is 2.18. The van der Waals surface area contributed by atoms with E-state index in [1.807, 2.05) is 0 Å². The Morgan fingerprint density at radius 1 is 1.04 bits per heavy atom. The van der Waals surface area contributed by atoms with Crippen LogP contribution >= 0.6 is 23.2 Å². The third-order valence-corrected chi connectivity index (χ3v) is 4.43. The SMILES string of the molecule is CCN(CC(=O)Nc1c(Cl)cccc1Cl)C(=O)CNC(=O)c1ccc(F)cc1. The number of nitrogens with zero attached hydrogens (tertiary/aromatic N) is 1. The first-order valence-corrected chi connectivity index (χ1v) is 9.12. The number of halogens is 3. The van der Waals surface area contributed by atoms with Crippen LogP contribution in [0.25, 0.3) is 0 Å². The van der Waals surface area contributed by atoms with Gasteiger partial charge in [-0.05, 0) is 43.3 Å². The second kappa shape index (κ2) is 10.1. The zero-order valence-corrected chi connectivity index (χ0v) is 16.5. The smallest absolute Gasteiger partial charge is 0.251 e. The van der Waals surface area contributed by atoms with Crippen LogP contribution in [0.1, 0.15) is 17.3 Å². The number of hydrogen-bond donors (Lipinski definition) is 2. The lowest BCUT2D eigenvalue weighted by Crippen LogP contribution is -2.43. The van der Waals surface area contributed by atoms with E-state index in [0.717, 1.165) is 12.1 Å². The van der Waals surface area contributed by atoms with Gasteiger partial charge in [-0.3, -0.25) is 14.4 Å². The van der Waals surface area contributed by atoms with Crippen molar-refractivity contribution in [2.45, 2.75) is 6.92 Å². The van der Waals surface area contributed by atoms with E-state index in [4.69, 9.17) is 23.2 Å². The summed E-state index contributed by atoms with van der Waals surface area (Å²) in [6.45, 7) is 1.43. The van der Waals surface area contributed by atoms with Crippen LogP contribution in [-0.2, 0) is 9.59 Å². The number of carbonyl (C=O) groups is 3. The zero-order chi connectivity index (χ0) is 20.7. The molecule has 0 bridgehead atoms. The van der Waals surface area contributed by atoms with Crippen molar-refractivity contribution < 1.29 is 18.8 Å². The van der Waals surface area contributed by atoms with Crippen molar-refractivity contribution >= 4 is 46.6 Å². The molecular weight excluding hydrogens is 408 g/mol. The lowest BCUT2D eigenvalue weighted by atomic mass is 10.2. The Labute approximate surface area is 171 Å². The van der Waals surface area contributed by atoms with Gasteiger partial charge in [-0.25, -0.2) is 4.39 Å². The molecule has 6 nitrogen and oxygen atoms in total. The van der Waals surface area contributed by atoms with Crippen molar-refractivity contribution in [3.05, 3.63) is 63.9 Å². The van der Waals surface area contributed by atoms with E-state index in [9.17, 15) is 18.8 Å². The maximum Gasteiger partial charge on any atom is 0.251 e. The lowest BCUT2D eigenvalue weighted by Gasteiger charge is -2.21. The minimum absolute atomic E-state index is 0.225. The van der Waals surface area contributed by atoms with Crippen LogP contribution in [0.2, 0.25) is 10.0 Å². The highest BCUT2D eigenvalue weighted by Crippen LogP contribution is 2.29. The summed E-state index contributed by atoms with van der Waals surface area (Å²) in [6.07, 6.45) is 0. The zero-order valence-electron chi connectivity index (χ0n) is 15.0. The Balaban J connectivity index is 1.91. The first-order chi connectivity index (χ1) is 13.3. The molecule has 0 saturated carbocycles. The third kappa shape index (κ3) is 5.94. The summed E-state index contributed by atoms with van der Waals surface area (Å²) in [5.74, 6) is -1.90. The van der Waals surface area contributed by atoms with Crippen molar-refractivity contribution in [1.29, 1.82) is 0 Å². The van der Waals surface area contributed by atoms with Gasteiger partial charge in [0.2, 0.25) is 11.8 Å². The summed E-state index contributed by atoms with van der Waals surface area (Å²) in [4.78, 5) is 37.8. The molecule has 2 N–H and O–H groups in total. The first kappa shape index (κ1) is 21.7. The molecule has 0 atom stereocenters. The van der Waals surface area contributed by atoms with Gasteiger partial charge < -0.3 is 15.5 Å². The van der Waals surface area contributed by atoms with Crippen LogP contribution in [0.3, 0.4) is 0 Å². The highest BCUT2D eigenvalue weighted by molar-refractivity contribution is 6.39. The summed E-state index contributed by atoms with van der Waals surface area (Å²) < 4.78 is 12.9. The number of benzene rings is 2. The number of rotatable bonds is 7. The fourth-order valence-electron chi connectivity index (χ4n) is 2.32. The van der Waals surface area contributed by atoms with Crippen molar-refractivity contribution in [3.8, 4) is 0 Å². The van der Waals surface area contributed by atoms with Crippen molar-refractivity contribution in [2.24, 2.45) is 0 Å². The Kier molecular flexibility index (Phi) is 7.78. The van der Waals surface area contributed by atoms with Gasteiger partial charge in [-0.2, -0.15) is 0 Å². The average Bonchev–Trinajstić information content (AvgIpc) is 2.67. The molecule has 0 aromatic heterocycles. The summed E-state index contributed by atoms with van der Waals surface area (Å²) in [5, 5.41) is 5.58. The van der Waals surface area contributed by atoms with Gasteiger partial charge in [-0.15, -0.1) is 0 Å². The highest BCUT2D eigenvalue weighted by atomic mass is 35.5. The molecule has 28 heavy (non-hydrogen) atoms. The van der Waals surface area contributed by atoms with E-state index in [-0.39, 0.29) is 40.9 Å². The van der Waals surface area contributed by atoms with E-state index < -0.39 is 23.5 Å². The number of hydrogen-bond acceptors (Lipinski definition) is 3. The molecule has 2 aromatic carbocycles. The van der Waals surface area contributed by atoms with E-state index in [1.165, 1.54) is 17.0 Å². The van der Waals surface area contributed by atoms with Crippen LogP contribution in [0.4, 0.5) is 10.1 Å². The maximum absolute atomic E-state index is 12.9. The van der Waals surface area contributed by atoms with Gasteiger partial charge in [0.05, 0.1) is 28.8 Å². The summed E-state index contributed by atoms with van der Waals surface area (Å²) in [6, 6.07) is 9.74. The van der Waals surface area contributed by atoms with Gasteiger partial charge in [0.1, 0.15) is 5.82 Å². The van der Waals surface area contributed by atoms with Crippen LogP contribution in [0.15, 0.2) is 42.5 Å². The minimum Gasteiger partial charge on any atom is -0.343 e. The van der Waals surface area contributed by atoms with Crippen molar-refractivity contribution in [2.75, 3.05) is 25.0 Å². The van der Waals surface area contributed by atoms with E-state index in [1.54, 1.807) is 25.1 Å². The second-order valence-corrected chi connectivity index (χ2v) is 6.56. The topological polar surface area (TPSA) is 78.5 Å². The fraction of sp³-hybridized carbons (Fsp3) is 0.211. The summed E-state index contributed by atoms with van der Waals surface area (Å²) >= 11 is 12.0. The monoisotopic (exact) mass is 425 g/mol. The largest absolute Gasteiger partial charge is 0.343 e.